The van der Waals surface area contributed by atoms with Gasteiger partial charge in [0.1, 0.15) is 18.0 Å². The number of rotatable bonds is 4. The first kappa shape index (κ1) is 16.3. The van der Waals surface area contributed by atoms with E-state index in [9.17, 15) is 0 Å². The van der Waals surface area contributed by atoms with Gasteiger partial charge in [-0.3, -0.25) is 4.68 Å². The molecule has 4 rings (SSSR count). The molecule has 0 N–H and O–H groups in total. The summed E-state index contributed by atoms with van der Waals surface area (Å²) in [5.74, 6) is 2.04. The Kier molecular flexibility index (Phi) is 4.57. The highest BCUT2D eigenvalue weighted by Gasteiger charge is 2.24. The number of morpholine rings is 1. The van der Waals surface area contributed by atoms with E-state index in [1.165, 1.54) is 18.5 Å². The SMILES string of the molecule is Cc1cc(C)n(C[C@H]2CN(c3cc(N4CCCC4)ncn3)CCO2)n1. The highest BCUT2D eigenvalue weighted by atomic mass is 16.5. The van der Waals surface area contributed by atoms with Gasteiger partial charge in [-0.15, -0.1) is 0 Å². The molecule has 1 atom stereocenters. The molecule has 0 radical (unpaired) electrons. The van der Waals surface area contributed by atoms with Gasteiger partial charge in [0.05, 0.1) is 24.9 Å². The van der Waals surface area contributed by atoms with Crippen LogP contribution in [0.25, 0.3) is 0 Å². The maximum atomic E-state index is 5.97. The monoisotopic (exact) mass is 342 g/mol. The first-order chi connectivity index (χ1) is 12.2. The Morgan fingerprint density at radius 3 is 2.52 bits per heavy atom. The van der Waals surface area contributed by atoms with Crippen LogP contribution in [0.15, 0.2) is 18.5 Å². The quantitative estimate of drug-likeness (QED) is 0.844. The summed E-state index contributed by atoms with van der Waals surface area (Å²) >= 11 is 0. The van der Waals surface area contributed by atoms with Crippen molar-refractivity contribution in [1.82, 2.24) is 19.7 Å². The Balaban J connectivity index is 1.45. The van der Waals surface area contributed by atoms with Crippen LogP contribution in [-0.2, 0) is 11.3 Å². The fraction of sp³-hybridized carbons (Fsp3) is 0.611. The van der Waals surface area contributed by atoms with E-state index in [1.807, 2.05) is 11.6 Å². The lowest BCUT2D eigenvalue weighted by Crippen LogP contribution is -2.45. The van der Waals surface area contributed by atoms with E-state index in [2.05, 4.69) is 43.9 Å². The highest BCUT2D eigenvalue weighted by Crippen LogP contribution is 2.23. The summed E-state index contributed by atoms with van der Waals surface area (Å²) in [7, 11) is 0. The molecule has 2 fully saturated rings. The second-order valence-electron chi connectivity index (χ2n) is 6.98. The summed E-state index contributed by atoms with van der Waals surface area (Å²) < 4.78 is 8.01. The zero-order valence-corrected chi connectivity index (χ0v) is 15.1. The fourth-order valence-corrected chi connectivity index (χ4v) is 3.72. The van der Waals surface area contributed by atoms with Gasteiger partial charge in [0.2, 0.25) is 0 Å². The van der Waals surface area contributed by atoms with Crippen LogP contribution in [0, 0.1) is 13.8 Å². The zero-order chi connectivity index (χ0) is 17.2. The van der Waals surface area contributed by atoms with Gasteiger partial charge in [-0.2, -0.15) is 5.10 Å². The van der Waals surface area contributed by atoms with E-state index in [4.69, 9.17) is 4.74 Å². The van der Waals surface area contributed by atoms with E-state index in [1.54, 1.807) is 6.33 Å². The number of anilines is 2. The maximum Gasteiger partial charge on any atom is 0.134 e. The Morgan fingerprint density at radius 1 is 1.04 bits per heavy atom. The molecule has 4 heterocycles. The molecule has 0 spiro atoms. The van der Waals surface area contributed by atoms with Gasteiger partial charge in [0, 0.05) is 37.9 Å². The predicted octanol–water partition coefficient (Wildman–Crippen LogP) is 1.80. The summed E-state index contributed by atoms with van der Waals surface area (Å²) in [6.07, 6.45) is 4.31. The van der Waals surface area contributed by atoms with Crippen molar-refractivity contribution in [1.29, 1.82) is 0 Å². The van der Waals surface area contributed by atoms with Gasteiger partial charge in [-0.25, -0.2) is 9.97 Å². The normalized spacial score (nSPS) is 21.1. The lowest BCUT2D eigenvalue weighted by molar-refractivity contribution is 0.0267. The minimum absolute atomic E-state index is 0.122. The second kappa shape index (κ2) is 7.00. The lowest BCUT2D eigenvalue weighted by Gasteiger charge is -2.34. The first-order valence-electron chi connectivity index (χ1n) is 9.13. The summed E-state index contributed by atoms with van der Waals surface area (Å²) in [5.41, 5.74) is 2.23. The standard InChI is InChI=1S/C18H26N6O/c1-14-9-15(2)24(21-14)12-16-11-23(7-8-25-16)18-10-17(19-13-20-18)22-5-3-4-6-22/h9-10,13,16H,3-8,11-12H2,1-2H3/t16-/m1/s1. The molecule has 7 nitrogen and oxygen atoms in total. The third-order valence-electron chi connectivity index (χ3n) is 5.01. The smallest absolute Gasteiger partial charge is 0.134 e. The summed E-state index contributed by atoms with van der Waals surface area (Å²) in [6.45, 7) is 9.50. The Hall–Kier alpha value is -2.15. The number of aryl methyl sites for hydroxylation is 2. The number of hydrogen-bond donors (Lipinski definition) is 0. The molecule has 0 saturated carbocycles. The molecule has 0 aromatic carbocycles. The Morgan fingerprint density at radius 2 is 1.80 bits per heavy atom. The predicted molar refractivity (Wildman–Crippen MR) is 97.1 cm³/mol. The van der Waals surface area contributed by atoms with Crippen LogP contribution in [-0.4, -0.2) is 58.6 Å². The van der Waals surface area contributed by atoms with Crippen LogP contribution < -0.4 is 9.80 Å². The van der Waals surface area contributed by atoms with Crippen molar-refractivity contribution >= 4 is 11.6 Å². The van der Waals surface area contributed by atoms with Crippen LogP contribution in [0.2, 0.25) is 0 Å². The van der Waals surface area contributed by atoms with Crippen LogP contribution >= 0.6 is 0 Å². The number of aromatic nitrogens is 4. The molecule has 0 amide bonds. The van der Waals surface area contributed by atoms with Crippen molar-refractivity contribution in [3.8, 4) is 0 Å². The van der Waals surface area contributed by atoms with Gasteiger partial charge >= 0.3 is 0 Å². The van der Waals surface area contributed by atoms with E-state index in [0.29, 0.717) is 6.61 Å². The molecule has 2 aliphatic rings. The van der Waals surface area contributed by atoms with Gasteiger partial charge in [-0.1, -0.05) is 0 Å². The highest BCUT2D eigenvalue weighted by molar-refractivity contribution is 5.50. The summed E-state index contributed by atoms with van der Waals surface area (Å²) in [5, 5.41) is 4.55. The summed E-state index contributed by atoms with van der Waals surface area (Å²) in [4.78, 5) is 13.6. The van der Waals surface area contributed by atoms with Crippen LogP contribution in [0.1, 0.15) is 24.2 Å². The van der Waals surface area contributed by atoms with Crippen molar-refractivity contribution < 1.29 is 4.74 Å². The second-order valence-corrected chi connectivity index (χ2v) is 6.98. The zero-order valence-electron chi connectivity index (χ0n) is 15.1. The van der Waals surface area contributed by atoms with Crippen LogP contribution in [0.5, 0.6) is 0 Å². The largest absolute Gasteiger partial charge is 0.373 e. The van der Waals surface area contributed by atoms with Crippen LogP contribution in [0.3, 0.4) is 0 Å². The topological polar surface area (TPSA) is 59.3 Å². The molecular weight excluding hydrogens is 316 g/mol. The molecule has 7 heteroatoms. The fourth-order valence-electron chi connectivity index (χ4n) is 3.72. The molecule has 0 bridgehead atoms. The number of nitrogens with zero attached hydrogens (tertiary/aromatic N) is 6. The van der Waals surface area contributed by atoms with Gasteiger partial charge in [0.15, 0.2) is 0 Å². The lowest BCUT2D eigenvalue weighted by atomic mass is 10.2. The molecule has 2 saturated heterocycles. The third kappa shape index (κ3) is 3.61. The molecule has 2 aromatic rings. The third-order valence-corrected chi connectivity index (χ3v) is 5.01. The van der Waals surface area contributed by atoms with Crippen molar-refractivity contribution in [3.05, 3.63) is 29.8 Å². The van der Waals surface area contributed by atoms with Crippen molar-refractivity contribution in [2.24, 2.45) is 0 Å². The molecule has 2 aliphatic heterocycles. The van der Waals surface area contributed by atoms with E-state index >= 15 is 0 Å². The van der Waals surface area contributed by atoms with E-state index in [-0.39, 0.29) is 6.10 Å². The molecular formula is C18H26N6O. The first-order valence-corrected chi connectivity index (χ1v) is 9.13. The molecule has 134 valence electrons. The van der Waals surface area contributed by atoms with Gasteiger partial charge in [-0.05, 0) is 32.8 Å². The molecule has 0 aliphatic carbocycles. The number of ether oxygens (including phenoxy) is 1. The van der Waals surface area contributed by atoms with Crippen molar-refractivity contribution in [3.63, 3.8) is 0 Å². The number of hydrogen-bond acceptors (Lipinski definition) is 6. The van der Waals surface area contributed by atoms with Crippen LogP contribution in [0.4, 0.5) is 11.6 Å². The van der Waals surface area contributed by atoms with Gasteiger partial charge < -0.3 is 14.5 Å². The molecule has 0 unspecified atom stereocenters. The van der Waals surface area contributed by atoms with Crippen molar-refractivity contribution in [2.45, 2.75) is 39.3 Å². The van der Waals surface area contributed by atoms with E-state index in [0.717, 1.165) is 50.1 Å². The van der Waals surface area contributed by atoms with E-state index < -0.39 is 0 Å². The summed E-state index contributed by atoms with van der Waals surface area (Å²) in [6, 6.07) is 4.23. The molecule has 25 heavy (non-hydrogen) atoms. The maximum absolute atomic E-state index is 5.97. The molecule has 2 aromatic heterocycles. The Labute approximate surface area is 148 Å². The Bertz CT molecular complexity index is 724. The average Bonchev–Trinajstić information content (AvgIpc) is 3.26. The minimum atomic E-state index is 0.122. The van der Waals surface area contributed by atoms with Gasteiger partial charge in [0.25, 0.3) is 0 Å². The van der Waals surface area contributed by atoms with Crippen molar-refractivity contribution in [2.75, 3.05) is 42.6 Å². The average molecular weight is 342 g/mol. The minimum Gasteiger partial charge on any atom is -0.373 e.